The minimum Gasteiger partial charge on any atom is -0.492 e. The summed E-state index contributed by atoms with van der Waals surface area (Å²) in [5, 5.41) is 4.59. The zero-order chi connectivity index (χ0) is 16.2. The molecule has 0 amide bonds. The molecule has 5 heteroatoms. The number of benzene rings is 2. The van der Waals surface area contributed by atoms with E-state index in [4.69, 9.17) is 20.9 Å². The van der Waals surface area contributed by atoms with Crippen LogP contribution in [0.15, 0.2) is 47.0 Å². The summed E-state index contributed by atoms with van der Waals surface area (Å²) in [6, 6.07) is 13.4. The standard InChI is InChI=1S/C18H17ClN2O2/c1-3-10-22-16-9-8-13(11-15(16)19)17-20-18(23-21-17)14-7-5-4-6-12(14)2/h4-9,11H,3,10H2,1-2H3. The number of hydrogen-bond donors (Lipinski definition) is 0. The van der Waals surface area contributed by atoms with Gasteiger partial charge in [-0.15, -0.1) is 0 Å². The second-order valence-corrected chi connectivity index (χ2v) is 5.64. The molecule has 0 aliphatic carbocycles. The van der Waals surface area contributed by atoms with Gasteiger partial charge in [-0.05, 0) is 43.2 Å². The number of aryl methyl sites for hydroxylation is 1. The fraction of sp³-hybridized carbons (Fsp3) is 0.222. The van der Waals surface area contributed by atoms with E-state index in [2.05, 4.69) is 17.1 Å². The zero-order valence-corrected chi connectivity index (χ0v) is 13.8. The van der Waals surface area contributed by atoms with E-state index in [0.29, 0.717) is 29.1 Å². The summed E-state index contributed by atoms with van der Waals surface area (Å²) < 4.78 is 11.0. The fourth-order valence-electron chi connectivity index (χ4n) is 2.23. The maximum Gasteiger partial charge on any atom is 0.258 e. The molecule has 0 aliphatic heterocycles. The lowest BCUT2D eigenvalue weighted by Gasteiger charge is -2.07. The van der Waals surface area contributed by atoms with E-state index < -0.39 is 0 Å². The molecule has 1 aromatic heterocycles. The molecular weight excluding hydrogens is 312 g/mol. The third-order valence-electron chi connectivity index (χ3n) is 3.45. The van der Waals surface area contributed by atoms with E-state index in [9.17, 15) is 0 Å². The molecule has 0 radical (unpaired) electrons. The molecule has 0 bridgehead atoms. The molecule has 3 rings (SSSR count). The van der Waals surface area contributed by atoms with Crippen molar-refractivity contribution < 1.29 is 9.26 Å². The lowest BCUT2D eigenvalue weighted by atomic mass is 10.1. The van der Waals surface area contributed by atoms with Crippen molar-refractivity contribution in [3.63, 3.8) is 0 Å². The lowest BCUT2D eigenvalue weighted by molar-refractivity contribution is 0.317. The Hall–Kier alpha value is -2.33. The van der Waals surface area contributed by atoms with Gasteiger partial charge in [0, 0.05) is 11.1 Å². The first-order valence-corrected chi connectivity index (χ1v) is 7.89. The smallest absolute Gasteiger partial charge is 0.258 e. The largest absolute Gasteiger partial charge is 0.492 e. The topological polar surface area (TPSA) is 48.2 Å². The molecule has 0 fully saturated rings. The molecule has 4 nitrogen and oxygen atoms in total. The Morgan fingerprint density at radius 3 is 2.74 bits per heavy atom. The lowest BCUT2D eigenvalue weighted by Crippen LogP contribution is -1.95. The van der Waals surface area contributed by atoms with Gasteiger partial charge < -0.3 is 9.26 Å². The van der Waals surface area contributed by atoms with Gasteiger partial charge >= 0.3 is 0 Å². The minimum absolute atomic E-state index is 0.500. The summed E-state index contributed by atoms with van der Waals surface area (Å²) in [4.78, 5) is 4.47. The number of rotatable bonds is 5. The van der Waals surface area contributed by atoms with E-state index in [-0.39, 0.29) is 0 Å². The highest BCUT2D eigenvalue weighted by Gasteiger charge is 2.13. The molecule has 0 saturated carbocycles. The van der Waals surface area contributed by atoms with Crippen molar-refractivity contribution in [1.82, 2.24) is 10.1 Å². The van der Waals surface area contributed by atoms with Crippen molar-refractivity contribution in [3.8, 4) is 28.6 Å². The van der Waals surface area contributed by atoms with E-state index in [1.165, 1.54) is 0 Å². The number of aromatic nitrogens is 2. The summed E-state index contributed by atoms with van der Waals surface area (Å²) in [6.45, 7) is 4.70. The molecule has 0 atom stereocenters. The Morgan fingerprint density at radius 1 is 1.17 bits per heavy atom. The van der Waals surface area contributed by atoms with Crippen LogP contribution in [-0.4, -0.2) is 16.7 Å². The molecule has 1 heterocycles. The monoisotopic (exact) mass is 328 g/mol. The van der Waals surface area contributed by atoms with Gasteiger partial charge in [-0.25, -0.2) is 0 Å². The van der Waals surface area contributed by atoms with Crippen molar-refractivity contribution >= 4 is 11.6 Å². The summed E-state index contributed by atoms with van der Waals surface area (Å²) in [7, 11) is 0. The zero-order valence-electron chi connectivity index (χ0n) is 13.0. The normalized spacial score (nSPS) is 10.7. The SMILES string of the molecule is CCCOc1ccc(-c2noc(-c3ccccc3C)n2)cc1Cl. The van der Waals surface area contributed by atoms with Crippen LogP contribution in [0.2, 0.25) is 5.02 Å². The van der Waals surface area contributed by atoms with Gasteiger partial charge in [-0.1, -0.05) is 41.9 Å². The van der Waals surface area contributed by atoms with Crippen LogP contribution in [0, 0.1) is 6.92 Å². The van der Waals surface area contributed by atoms with Crippen LogP contribution < -0.4 is 4.74 Å². The maximum absolute atomic E-state index is 6.25. The highest BCUT2D eigenvalue weighted by atomic mass is 35.5. The quantitative estimate of drug-likeness (QED) is 0.649. The highest BCUT2D eigenvalue weighted by molar-refractivity contribution is 6.32. The Kier molecular flexibility index (Phi) is 4.63. The van der Waals surface area contributed by atoms with Crippen molar-refractivity contribution in [3.05, 3.63) is 53.1 Å². The van der Waals surface area contributed by atoms with Crippen LogP contribution >= 0.6 is 11.6 Å². The van der Waals surface area contributed by atoms with Crippen LogP contribution in [-0.2, 0) is 0 Å². The Bertz CT molecular complexity index is 814. The summed E-state index contributed by atoms with van der Waals surface area (Å²) in [5.74, 6) is 1.67. The van der Waals surface area contributed by atoms with Crippen molar-refractivity contribution in [2.24, 2.45) is 0 Å². The van der Waals surface area contributed by atoms with Crippen LogP contribution in [0.3, 0.4) is 0 Å². The number of nitrogens with zero attached hydrogens (tertiary/aromatic N) is 2. The summed E-state index contributed by atoms with van der Waals surface area (Å²) in [5.41, 5.74) is 2.81. The van der Waals surface area contributed by atoms with Gasteiger partial charge in [0.2, 0.25) is 5.82 Å². The third kappa shape index (κ3) is 3.37. The van der Waals surface area contributed by atoms with Crippen LogP contribution in [0.1, 0.15) is 18.9 Å². The van der Waals surface area contributed by atoms with Gasteiger partial charge in [0.1, 0.15) is 5.75 Å². The van der Waals surface area contributed by atoms with Gasteiger partial charge in [-0.2, -0.15) is 4.98 Å². The minimum atomic E-state index is 0.500. The molecule has 0 aliphatic rings. The van der Waals surface area contributed by atoms with Gasteiger partial charge in [-0.3, -0.25) is 0 Å². The maximum atomic E-state index is 6.25. The van der Waals surface area contributed by atoms with Crippen LogP contribution in [0.25, 0.3) is 22.8 Å². The molecule has 0 unspecified atom stereocenters. The van der Waals surface area contributed by atoms with E-state index in [1.807, 2.05) is 43.3 Å². The third-order valence-corrected chi connectivity index (χ3v) is 3.75. The van der Waals surface area contributed by atoms with E-state index in [1.54, 1.807) is 6.07 Å². The Morgan fingerprint density at radius 2 is 2.00 bits per heavy atom. The van der Waals surface area contributed by atoms with Crippen LogP contribution in [0.4, 0.5) is 0 Å². The summed E-state index contributed by atoms with van der Waals surface area (Å²) in [6.07, 6.45) is 0.933. The molecule has 0 N–H and O–H groups in total. The molecule has 2 aromatic carbocycles. The molecule has 23 heavy (non-hydrogen) atoms. The van der Waals surface area contributed by atoms with Gasteiger partial charge in [0.25, 0.3) is 5.89 Å². The first-order valence-electron chi connectivity index (χ1n) is 7.51. The molecule has 0 saturated heterocycles. The van der Waals surface area contributed by atoms with Crippen LogP contribution in [0.5, 0.6) is 5.75 Å². The first kappa shape index (κ1) is 15.6. The average molecular weight is 329 g/mol. The van der Waals surface area contributed by atoms with Crippen molar-refractivity contribution in [2.45, 2.75) is 20.3 Å². The average Bonchev–Trinajstić information content (AvgIpc) is 3.04. The number of ether oxygens (including phenoxy) is 1. The Balaban J connectivity index is 1.89. The Labute approximate surface area is 140 Å². The predicted octanol–water partition coefficient (Wildman–Crippen LogP) is 5.15. The summed E-state index contributed by atoms with van der Waals surface area (Å²) >= 11 is 6.25. The first-order chi connectivity index (χ1) is 11.2. The van der Waals surface area contributed by atoms with Crippen molar-refractivity contribution in [2.75, 3.05) is 6.61 Å². The van der Waals surface area contributed by atoms with E-state index >= 15 is 0 Å². The molecular formula is C18H17ClN2O2. The highest BCUT2D eigenvalue weighted by Crippen LogP contribution is 2.30. The number of hydrogen-bond acceptors (Lipinski definition) is 4. The van der Waals surface area contributed by atoms with Gasteiger partial charge in [0.05, 0.1) is 11.6 Å². The second-order valence-electron chi connectivity index (χ2n) is 5.23. The van der Waals surface area contributed by atoms with Crippen molar-refractivity contribution in [1.29, 1.82) is 0 Å². The molecule has 118 valence electrons. The van der Waals surface area contributed by atoms with Gasteiger partial charge in [0.15, 0.2) is 0 Å². The predicted molar refractivity (Wildman–Crippen MR) is 90.7 cm³/mol. The molecule has 3 aromatic rings. The second kappa shape index (κ2) is 6.84. The number of halogens is 1. The molecule has 0 spiro atoms. The fourth-order valence-corrected chi connectivity index (χ4v) is 2.47. The van der Waals surface area contributed by atoms with E-state index in [0.717, 1.165) is 23.1 Å².